The van der Waals surface area contributed by atoms with Gasteiger partial charge in [0.25, 0.3) is 5.69 Å². The van der Waals surface area contributed by atoms with Crippen molar-refractivity contribution < 1.29 is 22.9 Å². The second-order valence-electron chi connectivity index (χ2n) is 7.53. The lowest BCUT2D eigenvalue weighted by atomic mass is 10.0. The first-order valence-corrected chi connectivity index (χ1v) is 11.9. The number of aliphatic imine (C=N–C) groups is 1. The summed E-state index contributed by atoms with van der Waals surface area (Å²) in [6, 6.07) is 10.6. The summed E-state index contributed by atoms with van der Waals surface area (Å²) in [5.74, 6) is -1.73. The third kappa shape index (κ3) is 8.68. The van der Waals surface area contributed by atoms with E-state index in [1.54, 1.807) is 30.3 Å². The highest BCUT2D eigenvalue weighted by molar-refractivity contribution is 7.89. The van der Waals surface area contributed by atoms with Crippen molar-refractivity contribution in [2.45, 2.75) is 36.2 Å². The van der Waals surface area contributed by atoms with E-state index in [4.69, 9.17) is 17.2 Å². The predicted molar refractivity (Wildman–Crippen MR) is 128 cm³/mol. The quantitative estimate of drug-likeness (QED) is 0.0782. The first-order valence-electron chi connectivity index (χ1n) is 10.5. The summed E-state index contributed by atoms with van der Waals surface area (Å²) >= 11 is 0. The number of sulfonamides is 1. The summed E-state index contributed by atoms with van der Waals surface area (Å²) in [4.78, 5) is 38.7. The molecule has 0 radical (unpaired) electrons. The van der Waals surface area contributed by atoms with Gasteiger partial charge in [0.2, 0.25) is 21.8 Å². The third-order valence-corrected chi connectivity index (χ3v) is 6.35. The minimum atomic E-state index is -4.25. The number of hydrogen-bond donors (Lipinski definition) is 5. The lowest BCUT2D eigenvalue weighted by Gasteiger charge is -2.22. The molecule has 0 aromatic heterocycles. The summed E-state index contributed by atoms with van der Waals surface area (Å²) < 4.78 is 28.0. The van der Waals surface area contributed by atoms with Crippen LogP contribution in [-0.2, 0) is 26.0 Å². The van der Waals surface area contributed by atoms with Crippen molar-refractivity contribution in [1.29, 1.82) is 0 Å². The van der Waals surface area contributed by atoms with Crippen LogP contribution in [0.15, 0.2) is 64.5 Å². The number of benzene rings is 2. The molecular weight excluding hydrogens is 478 g/mol. The Kier molecular flexibility index (Phi) is 9.66. The SMILES string of the molecule is NC(=O)[C@H](Cc1ccccc1)NC(=O)C(CCCN=C(N)N)NS(=O)(=O)c1ccc([N+](=O)[O-])cc1. The van der Waals surface area contributed by atoms with Gasteiger partial charge in [-0.15, -0.1) is 0 Å². The lowest BCUT2D eigenvalue weighted by Crippen LogP contribution is -2.53. The Morgan fingerprint density at radius 1 is 1.00 bits per heavy atom. The molecule has 0 saturated carbocycles. The maximum atomic E-state index is 13.0. The minimum absolute atomic E-state index is 0.00829. The van der Waals surface area contributed by atoms with Crippen LogP contribution in [0.25, 0.3) is 0 Å². The van der Waals surface area contributed by atoms with Gasteiger partial charge in [0.1, 0.15) is 12.1 Å². The average molecular weight is 506 g/mol. The number of hydrogen-bond acceptors (Lipinski definition) is 7. The van der Waals surface area contributed by atoms with Gasteiger partial charge in [-0.05, 0) is 30.5 Å². The number of amides is 2. The van der Waals surface area contributed by atoms with Crippen molar-refractivity contribution >= 4 is 33.5 Å². The van der Waals surface area contributed by atoms with E-state index in [0.29, 0.717) is 0 Å². The molecule has 0 spiro atoms. The van der Waals surface area contributed by atoms with Crippen molar-refractivity contribution in [2.75, 3.05) is 6.54 Å². The number of carbonyl (C=O) groups is 2. The van der Waals surface area contributed by atoms with E-state index in [1.165, 1.54) is 0 Å². The number of nitrogens with two attached hydrogens (primary N) is 3. The second-order valence-corrected chi connectivity index (χ2v) is 9.24. The zero-order valence-electron chi connectivity index (χ0n) is 18.7. The van der Waals surface area contributed by atoms with Crippen LogP contribution in [0.1, 0.15) is 18.4 Å². The van der Waals surface area contributed by atoms with Gasteiger partial charge < -0.3 is 22.5 Å². The van der Waals surface area contributed by atoms with Crippen molar-refractivity contribution in [3.05, 3.63) is 70.3 Å². The topological polar surface area (TPSA) is 226 Å². The molecule has 2 aromatic rings. The van der Waals surface area contributed by atoms with Gasteiger partial charge in [0, 0.05) is 25.1 Å². The van der Waals surface area contributed by atoms with Crippen LogP contribution in [0.5, 0.6) is 0 Å². The molecule has 0 bridgehead atoms. The highest BCUT2D eigenvalue weighted by atomic mass is 32.2. The highest BCUT2D eigenvalue weighted by Crippen LogP contribution is 2.17. The molecule has 8 N–H and O–H groups in total. The molecule has 0 saturated heterocycles. The smallest absolute Gasteiger partial charge is 0.269 e. The fourth-order valence-electron chi connectivity index (χ4n) is 3.09. The Morgan fingerprint density at radius 3 is 2.17 bits per heavy atom. The molecule has 2 rings (SSSR count). The molecule has 0 fully saturated rings. The predicted octanol–water partition coefficient (Wildman–Crippen LogP) is -0.492. The zero-order valence-corrected chi connectivity index (χ0v) is 19.5. The zero-order chi connectivity index (χ0) is 26.0. The average Bonchev–Trinajstić information content (AvgIpc) is 2.81. The van der Waals surface area contributed by atoms with Crippen LogP contribution in [-0.4, -0.2) is 49.7 Å². The fourth-order valence-corrected chi connectivity index (χ4v) is 4.32. The number of nitrogens with zero attached hydrogens (tertiary/aromatic N) is 2. The first kappa shape index (κ1) is 27.2. The third-order valence-electron chi connectivity index (χ3n) is 4.86. The van der Waals surface area contributed by atoms with E-state index >= 15 is 0 Å². The van der Waals surface area contributed by atoms with Gasteiger partial charge in [-0.3, -0.25) is 24.7 Å². The van der Waals surface area contributed by atoms with Crippen molar-refractivity contribution in [1.82, 2.24) is 10.0 Å². The Labute approximate surface area is 202 Å². The van der Waals surface area contributed by atoms with E-state index in [2.05, 4.69) is 15.0 Å². The summed E-state index contributed by atoms with van der Waals surface area (Å²) in [6.45, 7) is 0.134. The van der Waals surface area contributed by atoms with Gasteiger partial charge in [-0.1, -0.05) is 30.3 Å². The summed E-state index contributed by atoms with van der Waals surface area (Å²) in [5, 5.41) is 13.3. The van der Waals surface area contributed by atoms with Gasteiger partial charge in [-0.2, -0.15) is 4.72 Å². The number of nitro benzene ring substituents is 1. The van der Waals surface area contributed by atoms with Crippen LogP contribution >= 0.6 is 0 Å². The number of nitrogens with one attached hydrogen (secondary N) is 2. The number of nitro groups is 1. The van der Waals surface area contributed by atoms with E-state index in [9.17, 15) is 28.1 Å². The second kappa shape index (κ2) is 12.4. The van der Waals surface area contributed by atoms with E-state index in [-0.39, 0.29) is 42.3 Å². The number of non-ortho nitro benzene ring substituents is 1. The van der Waals surface area contributed by atoms with Crippen molar-refractivity contribution in [2.24, 2.45) is 22.2 Å². The number of carbonyl (C=O) groups excluding carboxylic acids is 2. The Morgan fingerprint density at radius 2 is 1.63 bits per heavy atom. The molecule has 0 heterocycles. The molecule has 1 unspecified atom stereocenters. The van der Waals surface area contributed by atoms with Crippen LogP contribution < -0.4 is 27.2 Å². The minimum Gasteiger partial charge on any atom is -0.370 e. The Balaban J connectivity index is 2.22. The lowest BCUT2D eigenvalue weighted by molar-refractivity contribution is -0.384. The van der Waals surface area contributed by atoms with Crippen LogP contribution in [0, 0.1) is 10.1 Å². The van der Waals surface area contributed by atoms with Gasteiger partial charge in [0.15, 0.2) is 5.96 Å². The molecule has 0 aliphatic carbocycles. The van der Waals surface area contributed by atoms with Crippen molar-refractivity contribution in [3.8, 4) is 0 Å². The summed E-state index contributed by atoms with van der Waals surface area (Å²) in [5.41, 5.74) is 16.5. The number of rotatable bonds is 13. The van der Waals surface area contributed by atoms with Crippen LogP contribution in [0.3, 0.4) is 0 Å². The Hall–Kier alpha value is -4.04. The molecule has 188 valence electrons. The molecule has 13 nitrogen and oxygen atoms in total. The number of primary amides is 1. The summed E-state index contributed by atoms with van der Waals surface area (Å²) in [7, 11) is -4.25. The summed E-state index contributed by atoms with van der Waals surface area (Å²) in [6.07, 6.45) is 0.335. The van der Waals surface area contributed by atoms with Gasteiger partial charge in [0.05, 0.1) is 9.82 Å². The van der Waals surface area contributed by atoms with E-state index < -0.39 is 38.8 Å². The fraction of sp³-hybridized carbons (Fsp3) is 0.286. The molecule has 2 aromatic carbocycles. The van der Waals surface area contributed by atoms with E-state index in [0.717, 1.165) is 29.8 Å². The molecular formula is C21H27N7O6S. The normalized spacial score (nSPS) is 12.8. The molecule has 35 heavy (non-hydrogen) atoms. The molecule has 14 heteroatoms. The molecule has 2 atom stereocenters. The van der Waals surface area contributed by atoms with Crippen LogP contribution in [0.2, 0.25) is 0 Å². The first-order chi connectivity index (χ1) is 16.5. The highest BCUT2D eigenvalue weighted by Gasteiger charge is 2.29. The largest absolute Gasteiger partial charge is 0.370 e. The maximum Gasteiger partial charge on any atom is 0.269 e. The molecule has 0 aliphatic rings. The van der Waals surface area contributed by atoms with E-state index in [1.807, 2.05) is 0 Å². The number of guanidine groups is 1. The van der Waals surface area contributed by atoms with Crippen molar-refractivity contribution in [3.63, 3.8) is 0 Å². The van der Waals surface area contributed by atoms with Gasteiger partial charge >= 0.3 is 0 Å². The molecule has 2 amide bonds. The van der Waals surface area contributed by atoms with Gasteiger partial charge in [-0.25, -0.2) is 8.42 Å². The Bertz CT molecular complexity index is 1170. The van der Waals surface area contributed by atoms with Crippen LogP contribution in [0.4, 0.5) is 5.69 Å². The monoisotopic (exact) mass is 505 g/mol. The molecule has 0 aliphatic heterocycles. The maximum absolute atomic E-state index is 13.0. The standard InChI is InChI=1S/C21H27N7O6S/c22-19(29)18(13-14-5-2-1-3-6-14)26-20(30)17(7-4-12-25-21(23)24)27-35(33,34)16-10-8-15(9-11-16)28(31)32/h1-3,5-6,8-11,17-18,27H,4,7,12-13H2,(H2,22,29)(H,26,30)(H4,23,24,25)/t17?,18-/m0/s1.